The van der Waals surface area contributed by atoms with E-state index in [0.717, 1.165) is 24.3 Å². The molecule has 94 valence electrons. The van der Waals surface area contributed by atoms with Crippen molar-refractivity contribution in [1.29, 1.82) is 0 Å². The lowest BCUT2D eigenvalue weighted by molar-refractivity contribution is 0.590. The van der Waals surface area contributed by atoms with Crippen LogP contribution in [0, 0.1) is 5.92 Å². The standard InChI is InChI=1S/C14H22N2S/c1-8(2)15-7-12-13(10-4-5-10)16-14(17-12)11-6-9(11)3/h8-11,15H,4-7H2,1-3H3. The highest BCUT2D eigenvalue weighted by molar-refractivity contribution is 7.11. The van der Waals surface area contributed by atoms with Gasteiger partial charge in [-0.15, -0.1) is 11.3 Å². The minimum atomic E-state index is 0.562. The first kappa shape index (κ1) is 11.7. The summed E-state index contributed by atoms with van der Waals surface area (Å²) in [6, 6.07) is 0.562. The van der Waals surface area contributed by atoms with E-state index in [1.54, 1.807) is 0 Å². The summed E-state index contributed by atoms with van der Waals surface area (Å²) >= 11 is 1.97. The topological polar surface area (TPSA) is 24.9 Å². The van der Waals surface area contributed by atoms with Gasteiger partial charge in [0.1, 0.15) is 0 Å². The molecule has 1 heterocycles. The maximum absolute atomic E-state index is 4.94. The van der Waals surface area contributed by atoms with Gasteiger partial charge in [-0.3, -0.25) is 0 Å². The van der Waals surface area contributed by atoms with Crippen LogP contribution in [-0.2, 0) is 6.54 Å². The van der Waals surface area contributed by atoms with Crippen LogP contribution < -0.4 is 5.32 Å². The number of nitrogens with one attached hydrogen (secondary N) is 1. The van der Waals surface area contributed by atoms with Gasteiger partial charge in [0, 0.05) is 29.3 Å². The molecule has 2 saturated carbocycles. The molecule has 3 heteroatoms. The molecule has 0 radical (unpaired) electrons. The van der Waals surface area contributed by atoms with E-state index in [1.807, 2.05) is 11.3 Å². The molecule has 0 aliphatic heterocycles. The first-order chi connectivity index (χ1) is 8.15. The third-order valence-electron chi connectivity index (χ3n) is 3.81. The fourth-order valence-corrected chi connectivity index (χ4v) is 3.66. The molecule has 3 rings (SSSR count). The first-order valence-corrected chi connectivity index (χ1v) is 7.69. The molecule has 0 aromatic carbocycles. The van der Waals surface area contributed by atoms with Crippen molar-refractivity contribution < 1.29 is 0 Å². The molecule has 2 aliphatic rings. The summed E-state index contributed by atoms with van der Waals surface area (Å²) in [6.07, 6.45) is 4.07. The maximum atomic E-state index is 4.94. The lowest BCUT2D eigenvalue weighted by atomic mass is 10.2. The van der Waals surface area contributed by atoms with E-state index in [0.29, 0.717) is 6.04 Å². The molecule has 1 aromatic rings. The number of hydrogen-bond acceptors (Lipinski definition) is 3. The van der Waals surface area contributed by atoms with Crippen molar-refractivity contribution in [2.75, 3.05) is 0 Å². The molecule has 2 atom stereocenters. The molecule has 2 fully saturated rings. The van der Waals surface area contributed by atoms with Crippen LogP contribution in [0.15, 0.2) is 0 Å². The maximum Gasteiger partial charge on any atom is 0.0965 e. The zero-order valence-electron chi connectivity index (χ0n) is 11.0. The molecule has 0 saturated heterocycles. The van der Waals surface area contributed by atoms with Gasteiger partial charge in [0.05, 0.1) is 10.7 Å². The van der Waals surface area contributed by atoms with E-state index in [9.17, 15) is 0 Å². The third-order valence-corrected chi connectivity index (χ3v) is 5.01. The van der Waals surface area contributed by atoms with E-state index < -0.39 is 0 Å². The highest BCUT2D eigenvalue weighted by atomic mass is 32.1. The van der Waals surface area contributed by atoms with E-state index in [-0.39, 0.29) is 0 Å². The fraction of sp³-hybridized carbons (Fsp3) is 0.786. The van der Waals surface area contributed by atoms with Crippen molar-refractivity contribution in [2.24, 2.45) is 5.92 Å². The Hall–Kier alpha value is -0.410. The summed E-state index contributed by atoms with van der Waals surface area (Å²) in [7, 11) is 0. The van der Waals surface area contributed by atoms with Gasteiger partial charge in [-0.2, -0.15) is 0 Å². The second-order valence-corrected chi connectivity index (χ2v) is 7.11. The van der Waals surface area contributed by atoms with Crippen molar-refractivity contribution in [3.63, 3.8) is 0 Å². The van der Waals surface area contributed by atoms with Gasteiger partial charge in [-0.05, 0) is 25.2 Å². The van der Waals surface area contributed by atoms with Gasteiger partial charge in [-0.1, -0.05) is 20.8 Å². The van der Waals surface area contributed by atoms with Crippen LogP contribution in [0.5, 0.6) is 0 Å². The Bertz CT molecular complexity index is 406. The molecule has 0 spiro atoms. The molecule has 1 N–H and O–H groups in total. The summed E-state index contributed by atoms with van der Waals surface area (Å²) in [5.41, 5.74) is 1.43. The average molecular weight is 250 g/mol. The van der Waals surface area contributed by atoms with Crippen LogP contribution in [0.1, 0.15) is 67.4 Å². The summed E-state index contributed by atoms with van der Waals surface area (Å²) in [5, 5.41) is 4.96. The monoisotopic (exact) mass is 250 g/mol. The van der Waals surface area contributed by atoms with Crippen LogP contribution in [-0.4, -0.2) is 11.0 Å². The zero-order chi connectivity index (χ0) is 12.0. The van der Waals surface area contributed by atoms with Gasteiger partial charge >= 0.3 is 0 Å². The molecule has 17 heavy (non-hydrogen) atoms. The second-order valence-electron chi connectivity index (χ2n) is 5.99. The van der Waals surface area contributed by atoms with E-state index >= 15 is 0 Å². The van der Waals surface area contributed by atoms with E-state index in [1.165, 1.54) is 34.8 Å². The second kappa shape index (κ2) is 4.36. The van der Waals surface area contributed by atoms with Crippen molar-refractivity contribution >= 4 is 11.3 Å². The molecule has 2 aliphatic carbocycles. The molecule has 2 unspecified atom stereocenters. The van der Waals surface area contributed by atoms with Gasteiger partial charge < -0.3 is 5.32 Å². The molecular weight excluding hydrogens is 228 g/mol. The predicted octanol–water partition coefficient (Wildman–Crippen LogP) is 3.64. The van der Waals surface area contributed by atoms with Crippen LogP contribution >= 0.6 is 11.3 Å². The van der Waals surface area contributed by atoms with Gasteiger partial charge in [0.2, 0.25) is 0 Å². The van der Waals surface area contributed by atoms with Crippen LogP contribution in [0.25, 0.3) is 0 Å². The van der Waals surface area contributed by atoms with Crippen molar-refractivity contribution in [3.05, 3.63) is 15.6 Å². The summed E-state index contributed by atoms with van der Waals surface area (Å²) in [6.45, 7) is 7.78. The summed E-state index contributed by atoms with van der Waals surface area (Å²) in [4.78, 5) is 6.45. The number of rotatable bonds is 5. The van der Waals surface area contributed by atoms with Crippen LogP contribution in [0.3, 0.4) is 0 Å². The zero-order valence-corrected chi connectivity index (χ0v) is 11.8. The third kappa shape index (κ3) is 2.55. The Labute approximate surface area is 108 Å². The largest absolute Gasteiger partial charge is 0.310 e. The Kier molecular flexibility index (Phi) is 2.99. The summed E-state index contributed by atoms with van der Waals surface area (Å²) < 4.78 is 0. The van der Waals surface area contributed by atoms with Crippen molar-refractivity contribution in [2.45, 2.75) is 64.5 Å². The van der Waals surface area contributed by atoms with Gasteiger partial charge in [-0.25, -0.2) is 4.98 Å². The molecule has 1 aromatic heterocycles. The minimum Gasteiger partial charge on any atom is -0.310 e. The number of nitrogens with zero attached hydrogens (tertiary/aromatic N) is 1. The Morgan fingerprint density at radius 3 is 2.65 bits per heavy atom. The SMILES string of the molecule is CC(C)NCc1sc(C2CC2C)nc1C1CC1. The Morgan fingerprint density at radius 2 is 2.12 bits per heavy atom. The smallest absolute Gasteiger partial charge is 0.0965 e. The van der Waals surface area contributed by atoms with Crippen molar-refractivity contribution in [3.8, 4) is 0 Å². The van der Waals surface area contributed by atoms with Crippen LogP contribution in [0.4, 0.5) is 0 Å². The predicted molar refractivity (Wildman–Crippen MR) is 72.6 cm³/mol. The normalized spacial score (nSPS) is 27.8. The molecular formula is C14H22N2S. The quantitative estimate of drug-likeness (QED) is 0.863. The minimum absolute atomic E-state index is 0.562. The number of hydrogen-bond donors (Lipinski definition) is 1. The molecule has 2 nitrogen and oxygen atoms in total. The average Bonchev–Trinajstić information content (AvgIpc) is 3.18. The van der Waals surface area contributed by atoms with E-state index in [4.69, 9.17) is 4.98 Å². The lowest BCUT2D eigenvalue weighted by Gasteiger charge is -2.07. The van der Waals surface area contributed by atoms with Gasteiger partial charge in [0.25, 0.3) is 0 Å². The van der Waals surface area contributed by atoms with Gasteiger partial charge in [0.15, 0.2) is 0 Å². The first-order valence-electron chi connectivity index (χ1n) is 6.88. The molecule has 0 bridgehead atoms. The Morgan fingerprint density at radius 1 is 1.41 bits per heavy atom. The lowest BCUT2D eigenvalue weighted by Crippen LogP contribution is -2.21. The highest BCUT2D eigenvalue weighted by Gasteiger charge is 2.38. The fourth-order valence-electron chi connectivity index (χ4n) is 2.31. The molecule has 0 amide bonds. The number of thiazole rings is 1. The Balaban J connectivity index is 1.77. The van der Waals surface area contributed by atoms with E-state index in [2.05, 4.69) is 26.1 Å². The highest BCUT2D eigenvalue weighted by Crippen LogP contribution is 2.51. The summed E-state index contributed by atoms with van der Waals surface area (Å²) in [5.74, 6) is 2.45. The van der Waals surface area contributed by atoms with Crippen molar-refractivity contribution in [1.82, 2.24) is 10.3 Å². The van der Waals surface area contributed by atoms with Crippen LogP contribution in [0.2, 0.25) is 0 Å². The number of aromatic nitrogens is 1.